The molecule has 2 aromatic rings. The van der Waals surface area contributed by atoms with Crippen molar-refractivity contribution in [3.63, 3.8) is 0 Å². The lowest BCUT2D eigenvalue weighted by Gasteiger charge is -2.29. The second-order valence-corrected chi connectivity index (χ2v) is 5.89. The molecule has 0 spiro atoms. The van der Waals surface area contributed by atoms with Crippen molar-refractivity contribution in [2.75, 3.05) is 28.6 Å². The quantitative estimate of drug-likeness (QED) is 0.909. The zero-order valence-electron chi connectivity index (χ0n) is 13.7. The Hall–Kier alpha value is -2.82. The summed E-state index contributed by atoms with van der Waals surface area (Å²) in [5.41, 5.74) is 3.76. The Morgan fingerprint density at radius 1 is 1.08 bits per heavy atom. The summed E-state index contributed by atoms with van der Waals surface area (Å²) in [6, 6.07) is 15.4. The molecule has 3 rings (SSSR count). The van der Waals surface area contributed by atoms with E-state index in [0.29, 0.717) is 5.69 Å². The molecule has 0 fully saturated rings. The molecule has 0 atom stereocenters. The molecule has 0 saturated heterocycles. The molecular weight excluding hydrogens is 302 g/mol. The predicted molar refractivity (Wildman–Crippen MR) is 96.4 cm³/mol. The number of hydrogen-bond acceptors (Lipinski definition) is 3. The second kappa shape index (κ2) is 7.17. The van der Waals surface area contributed by atoms with Crippen molar-refractivity contribution in [3.8, 4) is 0 Å². The molecule has 0 saturated carbocycles. The first-order chi connectivity index (χ1) is 11.6. The minimum absolute atomic E-state index is 0.0482. The Kier molecular flexibility index (Phi) is 4.79. The van der Waals surface area contributed by atoms with E-state index in [4.69, 9.17) is 0 Å². The largest absolute Gasteiger partial charge is 0.376 e. The van der Waals surface area contributed by atoms with Crippen LogP contribution in [0, 0.1) is 0 Å². The highest BCUT2D eigenvalue weighted by molar-refractivity contribution is 5.97. The van der Waals surface area contributed by atoms with Gasteiger partial charge in [0.25, 0.3) is 0 Å². The maximum absolute atomic E-state index is 12.6. The second-order valence-electron chi connectivity index (χ2n) is 5.89. The van der Waals surface area contributed by atoms with Crippen molar-refractivity contribution < 1.29 is 9.59 Å². The molecule has 0 bridgehead atoms. The van der Waals surface area contributed by atoms with Gasteiger partial charge in [-0.1, -0.05) is 24.3 Å². The maximum atomic E-state index is 12.6. The van der Waals surface area contributed by atoms with Crippen LogP contribution in [0.15, 0.2) is 48.5 Å². The van der Waals surface area contributed by atoms with E-state index >= 15 is 0 Å². The van der Waals surface area contributed by atoms with Gasteiger partial charge < -0.3 is 15.5 Å². The Bertz CT molecular complexity index is 758. The van der Waals surface area contributed by atoms with Crippen molar-refractivity contribution >= 4 is 28.9 Å². The molecule has 2 amide bonds. The smallest absolute Gasteiger partial charge is 0.246 e. The Labute approximate surface area is 141 Å². The molecule has 124 valence electrons. The molecule has 1 aliphatic heterocycles. The van der Waals surface area contributed by atoms with E-state index in [1.165, 1.54) is 12.5 Å². The van der Waals surface area contributed by atoms with Crippen LogP contribution in [0.4, 0.5) is 17.1 Å². The monoisotopic (exact) mass is 323 g/mol. The number of para-hydroxylation sites is 1. The van der Waals surface area contributed by atoms with Gasteiger partial charge in [-0.25, -0.2) is 0 Å². The molecular formula is C19H21N3O2. The van der Waals surface area contributed by atoms with Crippen LogP contribution in [-0.4, -0.2) is 24.9 Å². The van der Waals surface area contributed by atoms with E-state index in [1.807, 2.05) is 47.4 Å². The average Bonchev–Trinajstić information content (AvgIpc) is 2.59. The fraction of sp³-hybridized carbons (Fsp3) is 0.263. The van der Waals surface area contributed by atoms with Crippen LogP contribution in [0.1, 0.15) is 18.9 Å². The van der Waals surface area contributed by atoms with Gasteiger partial charge in [-0.15, -0.1) is 0 Å². The Morgan fingerprint density at radius 3 is 2.71 bits per heavy atom. The summed E-state index contributed by atoms with van der Waals surface area (Å²) in [7, 11) is 0. The SMILES string of the molecule is CC(=O)Nc1cccc(NCC(=O)N2CCCc3ccccc32)c1. The molecule has 0 unspecified atom stereocenters. The van der Waals surface area contributed by atoms with E-state index in [0.717, 1.165) is 30.8 Å². The van der Waals surface area contributed by atoms with Gasteiger partial charge in [0, 0.05) is 30.5 Å². The third kappa shape index (κ3) is 3.74. The van der Waals surface area contributed by atoms with Gasteiger partial charge in [-0.05, 0) is 42.7 Å². The van der Waals surface area contributed by atoms with Crippen LogP contribution in [0.25, 0.3) is 0 Å². The van der Waals surface area contributed by atoms with Gasteiger partial charge in [-0.2, -0.15) is 0 Å². The van der Waals surface area contributed by atoms with Crippen molar-refractivity contribution in [2.24, 2.45) is 0 Å². The minimum Gasteiger partial charge on any atom is -0.376 e. The zero-order chi connectivity index (χ0) is 16.9. The molecule has 1 heterocycles. The molecule has 0 radical (unpaired) electrons. The van der Waals surface area contributed by atoms with E-state index < -0.39 is 0 Å². The standard InChI is InChI=1S/C19H21N3O2/c1-14(23)21-17-9-4-8-16(12-17)20-13-19(24)22-11-5-7-15-6-2-3-10-18(15)22/h2-4,6,8-10,12,20H,5,7,11,13H2,1H3,(H,21,23). The molecule has 0 aromatic heterocycles. The molecule has 24 heavy (non-hydrogen) atoms. The lowest BCUT2D eigenvalue weighted by atomic mass is 10.0. The first kappa shape index (κ1) is 16.1. The highest BCUT2D eigenvalue weighted by Crippen LogP contribution is 2.26. The van der Waals surface area contributed by atoms with Crippen LogP contribution >= 0.6 is 0 Å². The molecule has 2 N–H and O–H groups in total. The number of hydrogen-bond donors (Lipinski definition) is 2. The lowest BCUT2D eigenvalue weighted by Crippen LogP contribution is -2.39. The van der Waals surface area contributed by atoms with Crippen LogP contribution in [0.5, 0.6) is 0 Å². The van der Waals surface area contributed by atoms with Gasteiger partial charge >= 0.3 is 0 Å². The molecule has 5 nitrogen and oxygen atoms in total. The van der Waals surface area contributed by atoms with Gasteiger partial charge in [0.05, 0.1) is 6.54 Å². The Morgan fingerprint density at radius 2 is 1.88 bits per heavy atom. The number of nitrogens with zero attached hydrogens (tertiary/aromatic N) is 1. The number of rotatable bonds is 4. The first-order valence-electron chi connectivity index (χ1n) is 8.13. The number of benzene rings is 2. The number of amides is 2. The molecule has 2 aromatic carbocycles. The first-order valence-corrected chi connectivity index (χ1v) is 8.13. The predicted octanol–water partition coefficient (Wildman–Crippen LogP) is 3.04. The highest BCUT2D eigenvalue weighted by Gasteiger charge is 2.21. The maximum Gasteiger partial charge on any atom is 0.246 e. The zero-order valence-corrected chi connectivity index (χ0v) is 13.7. The van der Waals surface area contributed by atoms with Gasteiger partial charge in [0.1, 0.15) is 0 Å². The van der Waals surface area contributed by atoms with Crippen molar-refractivity contribution in [3.05, 3.63) is 54.1 Å². The average molecular weight is 323 g/mol. The highest BCUT2D eigenvalue weighted by atomic mass is 16.2. The summed E-state index contributed by atoms with van der Waals surface area (Å²) in [6.07, 6.45) is 2.01. The number of fused-ring (bicyclic) bond motifs is 1. The fourth-order valence-electron chi connectivity index (χ4n) is 2.98. The summed E-state index contributed by atoms with van der Waals surface area (Å²) < 4.78 is 0. The fourth-order valence-corrected chi connectivity index (χ4v) is 2.98. The molecule has 0 aliphatic carbocycles. The number of anilines is 3. The van der Waals surface area contributed by atoms with Crippen LogP contribution in [0.2, 0.25) is 0 Å². The minimum atomic E-state index is -0.117. The summed E-state index contributed by atoms with van der Waals surface area (Å²) in [4.78, 5) is 25.6. The number of aryl methyl sites for hydroxylation is 1. The topological polar surface area (TPSA) is 61.4 Å². The number of carbonyl (C=O) groups excluding carboxylic acids is 2. The van der Waals surface area contributed by atoms with Crippen LogP contribution in [-0.2, 0) is 16.0 Å². The van der Waals surface area contributed by atoms with Gasteiger partial charge in [-0.3, -0.25) is 9.59 Å². The summed E-state index contributed by atoms with van der Waals surface area (Å²) in [5, 5.41) is 5.88. The normalized spacial score (nSPS) is 13.1. The van der Waals surface area contributed by atoms with Crippen molar-refractivity contribution in [1.82, 2.24) is 0 Å². The Balaban J connectivity index is 1.65. The van der Waals surface area contributed by atoms with Crippen molar-refractivity contribution in [2.45, 2.75) is 19.8 Å². The molecule has 5 heteroatoms. The third-order valence-electron chi connectivity index (χ3n) is 4.04. The number of carbonyl (C=O) groups is 2. The number of nitrogens with one attached hydrogen (secondary N) is 2. The third-order valence-corrected chi connectivity index (χ3v) is 4.04. The lowest BCUT2D eigenvalue weighted by molar-refractivity contribution is -0.117. The van der Waals surface area contributed by atoms with E-state index in [1.54, 1.807) is 0 Å². The summed E-state index contributed by atoms with van der Waals surface area (Å²) in [5.74, 6) is -0.0692. The summed E-state index contributed by atoms with van der Waals surface area (Å²) >= 11 is 0. The van der Waals surface area contributed by atoms with E-state index in [2.05, 4.69) is 16.7 Å². The van der Waals surface area contributed by atoms with Crippen molar-refractivity contribution in [1.29, 1.82) is 0 Å². The van der Waals surface area contributed by atoms with Crippen LogP contribution in [0.3, 0.4) is 0 Å². The van der Waals surface area contributed by atoms with Gasteiger partial charge in [0.15, 0.2) is 0 Å². The molecule has 1 aliphatic rings. The van der Waals surface area contributed by atoms with E-state index in [-0.39, 0.29) is 18.4 Å². The van der Waals surface area contributed by atoms with E-state index in [9.17, 15) is 9.59 Å². The van der Waals surface area contributed by atoms with Gasteiger partial charge in [0.2, 0.25) is 11.8 Å². The van der Waals surface area contributed by atoms with Crippen LogP contribution < -0.4 is 15.5 Å². The summed E-state index contributed by atoms with van der Waals surface area (Å²) in [6.45, 7) is 2.44.